The van der Waals surface area contributed by atoms with Crippen LogP contribution in [0.4, 0.5) is 0 Å². The standard InChI is InChI=1S/C18H24ClNO/c1-4-13(19)9-15-12(2)21-18-8-6-5-7-14(18)16-10-20(3)11-17(15)16/h5-9,12,15-17H,4,10-11H2,1-3H3. The molecule has 0 aliphatic carbocycles. The number of para-hydroxylation sites is 1. The predicted molar refractivity (Wildman–Crippen MR) is 88.0 cm³/mol. The van der Waals surface area contributed by atoms with Gasteiger partial charge in [-0.25, -0.2) is 0 Å². The van der Waals surface area contributed by atoms with Gasteiger partial charge in [0, 0.05) is 30.0 Å². The van der Waals surface area contributed by atoms with Gasteiger partial charge in [-0.3, -0.25) is 0 Å². The summed E-state index contributed by atoms with van der Waals surface area (Å²) < 4.78 is 6.26. The van der Waals surface area contributed by atoms with Gasteiger partial charge in [-0.05, 0) is 37.9 Å². The van der Waals surface area contributed by atoms with Gasteiger partial charge < -0.3 is 9.64 Å². The van der Waals surface area contributed by atoms with Crippen molar-refractivity contribution in [3.63, 3.8) is 0 Å². The van der Waals surface area contributed by atoms with E-state index in [1.807, 2.05) is 0 Å². The van der Waals surface area contributed by atoms with Crippen LogP contribution >= 0.6 is 11.6 Å². The Labute approximate surface area is 132 Å². The zero-order valence-electron chi connectivity index (χ0n) is 13.1. The fourth-order valence-corrected chi connectivity index (χ4v) is 4.00. The van der Waals surface area contributed by atoms with E-state index >= 15 is 0 Å². The molecule has 0 saturated carbocycles. The first-order valence-electron chi connectivity index (χ1n) is 7.90. The number of benzene rings is 1. The van der Waals surface area contributed by atoms with Gasteiger partial charge in [0.25, 0.3) is 0 Å². The Bertz CT molecular complexity index is 542. The highest BCUT2D eigenvalue weighted by atomic mass is 35.5. The monoisotopic (exact) mass is 305 g/mol. The lowest BCUT2D eigenvalue weighted by atomic mass is 9.78. The van der Waals surface area contributed by atoms with Crippen molar-refractivity contribution < 1.29 is 4.74 Å². The second-order valence-electron chi connectivity index (χ2n) is 6.40. The fourth-order valence-electron chi connectivity index (χ4n) is 3.86. The highest BCUT2D eigenvalue weighted by Gasteiger charge is 2.42. The number of hydrogen-bond donors (Lipinski definition) is 0. The SMILES string of the molecule is CCC(Cl)=CC1C(C)Oc2ccccc2C2CN(C)CC21. The van der Waals surface area contributed by atoms with E-state index in [1.54, 1.807) is 0 Å². The Hall–Kier alpha value is -0.990. The van der Waals surface area contributed by atoms with Crippen LogP contribution < -0.4 is 4.74 Å². The molecule has 114 valence electrons. The van der Waals surface area contributed by atoms with E-state index in [0.717, 1.165) is 30.3 Å². The van der Waals surface area contributed by atoms with Gasteiger partial charge in [-0.15, -0.1) is 0 Å². The van der Waals surface area contributed by atoms with Crippen LogP contribution in [0.2, 0.25) is 0 Å². The molecule has 1 aromatic rings. The normalized spacial score (nSPS) is 33.0. The molecule has 2 aliphatic heterocycles. The van der Waals surface area contributed by atoms with Gasteiger partial charge in [0.2, 0.25) is 0 Å². The molecule has 1 fully saturated rings. The average molecular weight is 306 g/mol. The number of hydrogen-bond acceptors (Lipinski definition) is 2. The molecule has 0 N–H and O–H groups in total. The minimum atomic E-state index is 0.160. The average Bonchev–Trinajstić information content (AvgIpc) is 2.82. The molecule has 3 heteroatoms. The summed E-state index contributed by atoms with van der Waals surface area (Å²) >= 11 is 6.35. The molecule has 4 unspecified atom stereocenters. The molecule has 3 rings (SSSR count). The molecule has 0 bridgehead atoms. The maximum atomic E-state index is 6.35. The number of ether oxygens (including phenoxy) is 1. The number of fused-ring (bicyclic) bond motifs is 3. The minimum absolute atomic E-state index is 0.160. The summed E-state index contributed by atoms with van der Waals surface area (Å²) in [6.45, 7) is 6.50. The second-order valence-corrected chi connectivity index (χ2v) is 6.88. The number of rotatable bonds is 2. The van der Waals surface area contributed by atoms with Gasteiger partial charge in [0.1, 0.15) is 11.9 Å². The molecule has 1 aromatic carbocycles. The third-order valence-electron chi connectivity index (χ3n) is 4.93. The smallest absolute Gasteiger partial charge is 0.123 e. The van der Waals surface area contributed by atoms with Crippen molar-refractivity contribution in [3.05, 3.63) is 40.9 Å². The summed E-state index contributed by atoms with van der Waals surface area (Å²) in [4.78, 5) is 2.44. The summed E-state index contributed by atoms with van der Waals surface area (Å²) in [5, 5.41) is 0.953. The molecule has 2 heterocycles. The van der Waals surface area contributed by atoms with Crippen LogP contribution in [0.5, 0.6) is 5.75 Å². The van der Waals surface area contributed by atoms with E-state index in [4.69, 9.17) is 16.3 Å². The molecule has 0 spiro atoms. The first-order valence-corrected chi connectivity index (χ1v) is 8.28. The highest BCUT2D eigenvalue weighted by molar-refractivity contribution is 6.29. The van der Waals surface area contributed by atoms with Crippen LogP contribution in [0, 0.1) is 11.8 Å². The van der Waals surface area contributed by atoms with E-state index in [2.05, 4.69) is 56.1 Å². The topological polar surface area (TPSA) is 12.5 Å². The third-order valence-corrected chi connectivity index (χ3v) is 5.32. The van der Waals surface area contributed by atoms with E-state index in [1.165, 1.54) is 5.56 Å². The Morgan fingerprint density at radius 1 is 1.38 bits per heavy atom. The molecule has 21 heavy (non-hydrogen) atoms. The number of likely N-dealkylation sites (N-methyl/N-ethyl adjacent to an activating group) is 1. The molecule has 4 atom stereocenters. The van der Waals surface area contributed by atoms with Crippen LogP contribution in [0.15, 0.2) is 35.4 Å². The molecule has 2 aliphatic rings. The van der Waals surface area contributed by atoms with Gasteiger partial charge in [0.05, 0.1) is 0 Å². The molecule has 0 aromatic heterocycles. The minimum Gasteiger partial charge on any atom is -0.490 e. The Morgan fingerprint density at radius 3 is 2.90 bits per heavy atom. The number of likely N-dealkylation sites (tertiary alicyclic amines) is 1. The number of halogens is 1. The van der Waals surface area contributed by atoms with Crippen molar-refractivity contribution in [1.82, 2.24) is 4.90 Å². The zero-order valence-corrected chi connectivity index (χ0v) is 13.8. The quantitative estimate of drug-likeness (QED) is 0.809. The Balaban J connectivity index is 2.02. The van der Waals surface area contributed by atoms with Crippen LogP contribution in [0.25, 0.3) is 0 Å². The largest absolute Gasteiger partial charge is 0.490 e. The highest BCUT2D eigenvalue weighted by Crippen LogP contribution is 2.45. The lowest BCUT2D eigenvalue weighted by Gasteiger charge is -2.26. The van der Waals surface area contributed by atoms with E-state index < -0.39 is 0 Å². The van der Waals surface area contributed by atoms with Crippen molar-refractivity contribution >= 4 is 11.6 Å². The second kappa shape index (κ2) is 6.02. The third kappa shape index (κ3) is 2.84. The van der Waals surface area contributed by atoms with E-state index in [0.29, 0.717) is 17.8 Å². The molecule has 0 radical (unpaired) electrons. The maximum absolute atomic E-state index is 6.35. The molecule has 1 saturated heterocycles. The lowest BCUT2D eigenvalue weighted by molar-refractivity contribution is 0.148. The Kier molecular flexibility index (Phi) is 4.28. The van der Waals surface area contributed by atoms with Gasteiger partial charge in [0.15, 0.2) is 0 Å². The molecular formula is C18H24ClNO. The summed E-state index contributed by atoms with van der Waals surface area (Å²) in [5.41, 5.74) is 1.36. The fraction of sp³-hybridized carbons (Fsp3) is 0.556. The zero-order chi connectivity index (χ0) is 15.0. The van der Waals surface area contributed by atoms with Gasteiger partial charge in [-0.1, -0.05) is 42.8 Å². The molecular weight excluding hydrogens is 282 g/mol. The van der Waals surface area contributed by atoms with Crippen LogP contribution in [-0.4, -0.2) is 31.1 Å². The van der Waals surface area contributed by atoms with Crippen molar-refractivity contribution in [2.24, 2.45) is 11.8 Å². The molecule has 0 amide bonds. The first-order chi connectivity index (χ1) is 10.1. The Morgan fingerprint density at radius 2 is 2.14 bits per heavy atom. The van der Waals surface area contributed by atoms with Crippen LogP contribution in [-0.2, 0) is 0 Å². The van der Waals surface area contributed by atoms with Crippen molar-refractivity contribution in [3.8, 4) is 5.75 Å². The van der Waals surface area contributed by atoms with Crippen molar-refractivity contribution in [2.45, 2.75) is 32.3 Å². The van der Waals surface area contributed by atoms with Crippen LogP contribution in [0.1, 0.15) is 31.7 Å². The van der Waals surface area contributed by atoms with Crippen molar-refractivity contribution in [1.29, 1.82) is 0 Å². The molecule has 2 nitrogen and oxygen atoms in total. The van der Waals surface area contributed by atoms with E-state index in [9.17, 15) is 0 Å². The maximum Gasteiger partial charge on any atom is 0.123 e. The summed E-state index contributed by atoms with van der Waals surface area (Å²) in [7, 11) is 2.21. The predicted octanol–water partition coefficient (Wildman–Crippen LogP) is 4.26. The van der Waals surface area contributed by atoms with Crippen molar-refractivity contribution in [2.75, 3.05) is 20.1 Å². The van der Waals surface area contributed by atoms with Gasteiger partial charge in [-0.2, -0.15) is 0 Å². The van der Waals surface area contributed by atoms with E-state index in [-0.39, 0.29) is 6.10 Å². The summed E-state index contributed by atoms with van der Waals surface area (Å²) in [6, 6.07) is 8.52. The summed E-state index contributed by atoms with van der Waals surface area (Å²) in [6.07, 6.45) is 3.30. The lowest BCUT2D eigenvalue weighted by Crippen LogP contribution is -2.30. The first kappa shape index (κ1) is 14.9. The number of nitrogens with zero attached hydrogens (tertiary/aromatic N) is 1. The summed E-state index contributed by atoms with van der Waals surface area (Å²) in [5.74, 6) is 2.55. The van der Waals surface area contributed by atoms with Gasteiger partial charge >= 0.3 is 0 Å². The number of allylic oxidation sites excluding steroid dienone is 1. The van der Waals surface area contributed by atoms with Crippen LogP contribution in [0.3, 0.4) is 0 Å².